The number of guanidine groups is 1. The number of nitrogens with zero attached hydrogens (tertiary/aromatic N) is 1. The van der Waals surface area contributed by atoms with Crippen LogP contribution in [0.1, 0.15) is 10.4 Å². The minimum absolute atomic E-state index is 0.156. The Balaban J connectivity index is 2.06. The summed E-state index contributed by atoms with van der Waals surface area (Å²) in [5.41, 5.74) is 5.83. The molecule has 0 saturated heterocycles. The molecule has 0 aliphatic carbocycles. The minimum atomic E-state index is -0.917. The summed E-state index contributed by atoms with van der Waals surface area (Å²) in [6.07, 6.45) is 0.515. The van der Waals surface area contributed by atoms with Crippen LogP contribution in [0, 0.1) is 0 Å². The Labute approximate surface area is 115 Å². The first kappa shape index (κ1) is 11.9. The number of hydrogen-bond acceptors (Lipinski definition) is 4. The van der Waals surface area contributed by atoms with Crippen LogP contribution in [0.15, 0.2) is 52.8 Å². The Kier molecular flexibility index (Phi) is 2.83. The molecule has 1 amide bonds. The van der Waals surface area contributed by atoms with Crippen molar-refractivity contribution in [3.8, 4) is 0 Å². The molecule has 5 heteroatoms. The smallest absolute Gasteiger partial charge is 0.260 e. The zero-order valence-corrected chi connectivity index (χ0v) is 11.0. The van der Waals surface area contributed by atoms with E-state index in [1.807, 2.05) is 47.8 Å². The van der Waals surface area contributed by atoms with Gasteiger partial charge in [-0.15, -0.1) is 11.3 Å². The van der Waals surface area contributed by atoms with Gasteiger partial charge in [0, 0.05) is 11.3 Å². The van der Waals surface area contributed by atoms with E-state index < -0.39 is 5.54 Å². The van der Waals surface area contributed by atoms with Crippen molar-refractivity contribution >= 4 is 23.2 Å². The maximum atomic E-state index is 12.3. The maximum absolute atomic E-state index is 12.3. The van der Waals surface area contributed by atoms with E-state index in [4.69, 9.17) is 5.73 Å². The van der Waals surface area contributed by atoms with E-state index >= 15 is 0 Å². The molecule has 1 aromatic carbocycles. The second kappa shape index (κ2) is 4.51. The summed E-state index contributed by atoms with van der Waals surface area (Å²) in [6, 6.07) is 13.7. The zero-order chi connectivity index (χ0) is 13.3. The highest BCUT2D eigenvalue weighted by Gasteiger charge is 2.45. The minimum Gasteiger partial charge on any atom is -0.370 e. The molecule has 2 heterocycles. The Hall–Kier alpha value is -2.14. The SMILES string of the molecule is NC1=N[C@](Cc2ccccc2)(c2cccs2)C(=O)N1. The number of amides is 1. The molecule has 1 aliphatic heterocycles. The third kappa shape index (κ3) is 2.02. The van der Waals surface area contributed by atoms with Crippen LogP contribution in [0.2, 0.25) is 0 Å². The summed E-state index contributed by atoms with van der Waals surface area (Å²) < 4.78 is 0. The van der Waals surface area contributed by atoms with Crippen molar-refractivity contribution in [3.63, 3.8) is 0 Å². The largest absolute Gasteiger partial charge is 0.370 e. The number of rotatable bonds is 3. The number of carbonyl (C=O) groups is 1. The average molecular weight is 271 g/mol. The highest BCUT2D eigenvalue weighted by atomic mass is 32.1. The first-order valence-electron chi connectivity index (χ1n) is 5.95. The second-order valence-electron chi connectivity index (χ2n) is 4.45. The van der Waals surface area contributed by atoms with Gasteiger partial charge in [-0.05, 0) is 17.0 Å². The Morgan fingerprint density at radius 2 is 2.00 bits per heavy atom. The Bertz CT molecular complexity index is 621. The fourth-order valence-corrected chi connectivity index (χ4v) is 3.15. The van der Waals surface area contributed by atoms with Gasteiger partial charge in [-0.3, -0.25) is 10.1 Å². The van der Waals surface area contributed by atoms with Crippen LogP contribution in [-0.4, -0.2) is 11.9 Å². The van der Waals surface area contributed by atoms with E-state index in [9.17, 15) is 4.79 Å². The van der Waals surface area contributed by atoms with Gasteiger partial charge in [0.05, 0.1) is 0 Å². The molecule has 0 saturated carbocycles. The third-order valence-corrected chi connectivity index (χ3v) is 4.18. The van der Waals surface area contributed by atoms with Crippen LogP contribution >= 0.6 is 11.3 Å². The van der Waals surface area contributed by atoms with Crippen LogP contribution in [0.5, 0.6) is 0 Å². The molecule has 96 valence electrons. The highest BCUT2D eigenvalue weighted by molar-refractivity contribution is 7.10. The van der Waals surface area contributed by atoms with Crippen LogP contribution in [-0.2, 0) is 16.8 Å². The molecule has 1 atom stereocenters. The molecular weight excluding hydrogens is 258 g/mol. The number of nitrogens with two attached hydrogens (primary N) is 1. The lowest BCUT2D eigenvalue weighted by atomic mass is 9.89. The molecule has 1 aromatic heterocycles. The molecular formula is C14H13N3OS. The van der Waals surface area contributed by atoms with Crippen LogP contribution < -0.4 is 11.1 Å². The van der Waals surface area contributed by atoms with Gasteiger partial charge in [0.2, 0.25) is 0 Å². The van der Waals surface area contributed by atoms with Crippen molar-refractivity contribution < 1.29 is 4.79 Å². The van der Waals surface area contributed by atoms with E-state index in [1.54, 1.807) is 0 Å². The summed E-state index contributed by atoms with van der Waals surface area (Å²) >= 11 is 1.52. The number of nitrogens with one attached hydrogen (secondary N) is 1. The average Bonchev–Trinajstić information content (AvgIpc) is 3.00. The molecule has 0 unspecified atom stereocenters. The topological polar surface area (TPSA) is 67.5 Å². The number of thiophene rings is 1. The summed E-state index contributed by atoms with van der Waals surface area (Å²) in [5, 5.41) is 4.56. The van der Waals surface area contributed by atoms with Crippen LogP contribution in [0.25, 0.3) is 0 Å². The maximum Gasteiger partial charge on any atom is 0.260 e. The normalized spacial score (nSPS) is 22.1. The lowest BCUT2D eigenvalue weighted by molar-refractivity contribution is -0.123. The predicted molar refractivity (Wildman–Crippen MR) is 75.9 cm³/mol. The lowest BCUT2D eigenvalue weighted by Crippen LogP contribution is -2.39. The summed E-state index contributed by atoms with van der Waals surface area (Å²) in [4.78, 5) is 17.6. The Morgan fingerprint density at radius 1 is 1.21 bits per heavy atom. The molecule has 0 bridgehead atoms. The van der Waals surface area contributed by atoms with E-state index in [0.717, 1.165) is 10.4 Å². The van der Waals surface area contributed by atoms with Gasteiger partial charge in [0.25, 0.3) is 5.91 Å². The van der Waals surface area contributed by atoms with Crippen molar-refractivity contribution in [2.75, 3.05) is 0 Å². The predicted octanol–water partition coefficient (Wildman–Crippen LogP) is 1.63. The highest BCUT2D eigenvalue weighted by Crippen LogP contribution is 2.35. The molecule has 1 aliphatic rings. The number of carbonyl (C=O) groups excluding carboxylic acids is 1. The first-order valence-corrected chi connectivity index (χ1v) is 6.83. The molecule has 4 nitrogen and oxygen atoms in total. The number of benzene rings is 1. The van der Waals surface area contributed by atoms with Gasteiger partial charge in [0.15, 0.2) is 11.5 Å². The summed E-state index contributed by atoms with van der Waals surface area (Å²) in [5.74, 6) is 0.0330. The lowest BCUT2D eigenvalue weighted by Gasteiger charge is -2.22. The van der Waals surface area contributed by atoms with E-state index in [1.165, 1.54) is 11.3 Å². The molecule has 3 rings (SSSR count). The van der Waals surface area contributed by atoms with Crippen molar-refractivity contribution in [1.82, 2.24) is 5.32 Å². The van der Waals surface area contributed by atoms with E-state index in [0.29, 0.717) is 6.42 Å². The molecule has 0 spiro atoms. The van der Waals surface area contributed by atoms with Crippen LogP contribution in [0.3, 0.4) is 0 Å². The monoisotopic (exact) mass is 271 g/mol. The standard InChI is InChI=1S/C14H13N3OS/c15-13-16-12(18)14(17-13,11-7-4-8-19-11)9-10-5-2-1-3-6-10/h1-8H,9H2,(H3,15,16,17,18)/t14-/m1/s1. The van der Waals surface area contributed by atoms with Gasteiger partial charge < -0.3 is 5.73 Å². The van der Waals surface area contributed by atoms with Gasteiger partial charge in [-0.2, -0.15) is 0 Å². The number of hydrogen-bond donors (Lipinski definition) is 2. The van der Waals surface area contributed by atoms with Gasteiger partial charge in [0.1, 0.15) is 0 Å². The van der Waals surface area contributed by atoms with Crippen molar-refractivity contribution in [2.24, 2.45) is 10.7 Å². The molecule has 0 radical (unpaired) electrons. The van der Waals surface area contributed by atoms with E-state index in [2.05, 4.69) is 10.3 Å². The quantitative estimate of drug-likeness (QED) is 0.891. The summed E-state index contributed by atoms with van der Waals surface area (Å²) in [7, 11) is 0. The fraction of sp³-hybridized carbons (Fsp3) is 0.143. The fourth-order valence-electron chi connectivity index (χ4n) is 2.28. The van der Waals surface area contributed by atoms with Crippen molar-refractivity contribution in [2.45, 2.75) is 12.0 Å². The summed E-state index contributed by atoms with van der Waals surface area (Å²) in [6.45, 7) is 0. The third-order valence-electron chi connectivity index (χ3n) is 3.16. The number of aliphatic imine (C=N–C) groups is 1. The first-order chi connectivity index (χ1) is 9.21. The van der Waals surface area contributed by atoms with Gasteiger partial charge in [-0.1, -0.05) is 36.4 Å². The molecule has 2 aromatic rings. The van der Waals surface area contributed by atoms with Crippen molar-refractivity contribution in [1.29, 1.82) is 0 Å². The van der Waals surface area contributed by atoms with Gasteiger partial charge >= 0.3 is 0 Å². The zero-order valence-electron chi connectivity index (χ0n) is 10.2. The second-order valence-corrected chi connectivity index (χ2v) is 5.40. The van der Waals surface area contributed by atoms with Gasteiger partial charge in [-0.25, -0.2) is 4.99 Å². The molecule has 0 fully saturated rings. The van der Waals surface area contributed by atoms with E-state index in [-0.39, 0.29) is 11.9 Å². The molecule has 3 N–H and O–H groups in total. The Morgan fingerprint density at radius 3 is 2.58 bits per heavy atom. The van der Waals surface area contributed by atoms with Crippen molar-refractivity contribution in [3.05, 3.63) is 58.3 Å². The molecule has 19 heavy (non-hydrogen) atoms. The van der Waals surface area contributed by atoms with Crippen LogP contribution in [0.4, 0.5) is 0 Å².